The number of thioether (sulfide) groups is 1. The lowest BCUT2D eigenvalue weighted by Gasteiger charge is -2.03. The Bertz CT molecular complexity index is 348. The summed E-state index contributed by atoms with van der Waals surface area (Å²) >= 11 is 1.59. The maximum atomic E-state index is 11.0. The normalized spacial score (nSPS) is 12.7. The van der Waals surface area contributed by atoms with Gasteiger partial charge >= 0.3 is 0 Å². The van der Waals surface area contributed by atoms with E-state index in [0.29, 0.717) is 11.5 Å². The van der Waals surface area contributed by atoms with Gasteiger partial charge in [0.2, 0.25) is 5.43 Å². The first-order chi connectivity index (χ1) is 6.59. The highest BCUT2D eigenvalue weighted by Gasteiger charge is 2.02. The predicted molar refractivity (Wildman–Crippen MR) is 56.5 cm³/mol. The Hall–Kier alpha value is -0.940. The van der Waals surface area contributed by atoms with E-state index in [2.05, 4.69) is 0 Å². The fraction of sp³-hybridized carbons (Fsp3) is 0.444. The van der Waals surface area contributed by atoms with Gasteiger partial charge in [-0.1, -0.05) is 0 Å². The molecule has 0 aliphatic rings. The third kappa shape index (κ3) is 3.43. The molecule has 0 aliphatic carbocycles. The molecule has 0 saturated heterocycles. The van der Waals surface area contributed by atoms with E-state index in [1.807, 2.05) is 6.92 Å². The van der Waals surface area contributed by atoms with Crippen molar-refractivity contribution in [2.75, 3.05) is 5.75 Å². The molecular formula is C9H13NO3S. The molecular weight excluding hydrogens is 202 g/mol. The van der Waals surface area contributed by atoms with Crippen LogP contribution in [0, 0.1) is 0 Å². The van der Waals surface area contributed by atoms with Crippen molar-refractivity contribution in [3.8, 4) is 5.75 Å². The molecule has 1 aromatic heterocycles. The number of aromatic hydroxyl groups is 1. The summed E-state index contributed by atoms with van der Waals surface area (Å²) in [5, 5.41) is 8.92. The standard InChI is InChI=1S/C9H13NO3S/c1-6(10)4-14-5-7-2-8(11)9(12)3-13-7/h2-3,6,12H,4-5,10H2,1H3. The van der Waals surface area contributed by atoms with E-state index >= 15 is 0 Å². The van der Waals surface area contributed by atoms with E-state index in [1.54, 1.807) is 11.8 Å². The molecule has 1 rings (SSSR count). The Kier molecular flexibility index (Phi) is 4.03. The molecule has 0 fully saturated rings. The maximum Gasteiger partial charge on any atom is 0.226 e. The zero-order valence-corrected chi connectivity index (χ0v) is 8.71. The minimum Gasteiger partial charge on any atom is -0.502 e. The van der Waals surface area contributed by atoms with Gasteiger partial charge in [0.05, 0.1) is 5.75 Å². The van der Waals surface area contributed by atoms with E-state index in [4.69, 9.17) is 15.3 Å². The second-order valence-corrected chi connectivity index (χ2v) is 4.12. The molecule has 78 valence electrons. The lowest BCUT2D eigenvalue weighted by molar-refractivity contribution is 0.419. The van der Waals surface area contributed by atoms with E-state index in [1.165, 1.54) is 6.07 Å². The second-order valence-electron chi connectivity index (χ2n) is 3.09. The van der Waals surface area contributed by atoms with Crippen molar-refractivity contribution < 1.29 is 9.52 Å². The highest BCUT2D eigenvalue weighted by Crippen LogP contribution is 2.12. The van der Waals surface area contributed by atoms with Crippen LogP contribution in [0.15, 0.2) is 21.5 Å². The average molecular weight is 215 g/mol. The highest BCUT2D eigenvalue weighted by molar-refractivity contribution is 7.98. The predicted octanol–water partition coefficient (Wildman–Crippen LogP) is 0.926. The molecule has 1 heterocycles. The van der Waals surface area contributed by atoms with E-state index < -0.39 is 5.43 Å². The van der Waals surface area contributed by atoms with Crippen molar-refractivity contribution in [3.63, 3.8) is 0 Å². The first-order valence-corrected chi connectivity index (χ1v) is 5.39. The van der Waals surface area contributed by atoms with E-state index in [0.717, 1.165) is 12.0 Å². The number of hydrogen-bond acceptors (Lipinski definition) is 5. The second kappa shape index (κ2) is 5.07. The zero-order chi connectivity index (χ0) is 10.6. The number of hydrogen-bond donors (Lipinski definition) is 2. The van der Waals surface area contributed by atoms with Gasteiger partial charge in [-0.15, -0.1) is 0 Å². The largest absolute Gasteiger partial charge is 0.502 e. The Labute approximate surface area is 86.1 Å². The van der Waals surface area contributed by atoms with Crippen LogP contribution >= 0.6 is 11.8 Å². The molecule has 0 saturated carbocycles. The third-order valence-electron chi connectivity index (χ3n) is 1.49. The molecule has 1 aromatic rings. The monoisotopic (exact) mass is 215 g/mol. The number of nitrogens with two attached hydrogens (primary N) is 1. The molecule has 1 unspecified atom stereocenters. The van der Waals surface area contributed by atoms with Crippen LogP contribution in [0.1, 0.15) is 12.7 Å². The number of rotatable bonds is 4. The summed E-state index contributed by atoms with van der Waals surface area (Å²) in [6, 6.07) is 1.42. The molecule has 14 heavy (non-hydrogen) atoms. The van der Waals surface area contributed by atoms with Gasteiger partial charge in [-0.25, -0.2) is 0 Å². The smallest absolute Gasteiger partial charge is 0.226 e. The van der Waals surface area contributed by atoms with Crippen LogP contribution in [0.3, 0.4) is 0 Å². The summed E-state index contributed by atoms with van der Waals surface area (Å²) in [4.78, 5) is 11.0. The van der Waals surface area contributed by atoms with Gasteiger partial charge in [0.1, 0.15) is 12.0 Å². The minimum absolute atomic E-state index is 0.129. The molecule has 0 aliphatic heterocycles. The van der Waals surface area contributed by atoms with Crippen LogP contribution in [-0.4, -0.2) is 16.9 Å². The van der Waals surface area contributed by atoms with Crippen LogP contribution in [0.4, 0.5) is 0 Å². The van der Waals surface area contributed by atoms with Crippen molar-refractivity contribution in [2.24, 2.45) is 5.73 Å². The van der Waals surface area contributed by atoms with E-state index in [9.17, 15) is 4.79 Å². The Morgan fingerprint density at radius 3 is 3.00 bits per heavy atom. The fourth-order valence-corrected chi connectivity index (χ4v) is 1.71. The minimum atomic E-state index is -0.410. The van der Waals surface area contributed by atoms with Gasteiger partial charge in [-0.3, -0.25) is 4.79 Å². The summed E-state index contributed by atoms with van der Waals surface area (Å²) < 4.78 is 5.01. The quantitative estimate of drug-likeness (QED) is 0.781. The lowest BCUT2D eigenvalue weighted by Crippen LogP contribution is -2.17. The summed E-state index contributed by atoms with van der Waals surface area (Å²) in [6.45, 7) is 1.92. The van der Waals surface area contributed by atoms with Gasteiger partial charge in [0, 0.05) is 17.9 Å². The van der Waals surface area contributed by atoms with Crippen LogP contribution in [0.2, 0.25) is 0 Å². The van der Waals surface area contributed by atoms with Gasteiger partial charge in [0.15, 0.2) is 5.75 Å². The summed E-state index contributed by atoms with van der Waals surface area (Å²) in [5.74, 6) is 1.60. The molecule has 4 nitrogen and oxygen atoms in total. The van der Waals surface area contributed by atoms with E-state index in [-0.39, 0.29) is 11.8 Å². The summed E-state index contributed by atoms with van der Waals surface area (Å²) in [5.41, 5.74) is 5.15. The van der Waals surface area contributed by atoms with Gasteiger partial charge in [0.25, 0.3) is 0 Å². The molecule has 0 radical (unpaired) electrons. The van der Waals surface area contributed by atoms with Crippen LogP contribution in [-0.2, 0) is 5.75 Å². The molecule has 3 N–H and O–H groups in total. The van der Waals surface area contributed by atoms with Crippen LogP contribution in [0.25, 0.3) is 0 Å². The van der Waals surface area contributed by atoms with Gasteiger partial charge in [-0.2, -0.15) is 11.8 Å². The van der Waals surface area contributed by atoms with Crippen molar-refractivity contribution in [3.05, 3.63) is 28.3 Å². The lowest BCUT2D eigenvalue weighted by atomic mass is 10.4. The van der Waals surface area contributed by atoms with Crippen molar-refractivity contribution in [1.82, 2.24) is 0 Å². The van der Waals surface area contributed by atoms with Gasteiger partial charge < -0.3 is 15.3 Å². The zero-order valence-electron chi connectivity index (χ0n) is 7.90. The van der Waals surface area contributed by atoms with Crippen molar-refractivity contribution >= 4 is 11.8 Å². The summed E-state index contributed by atoms with van der Waals surface area (Å²) in [6.07, 6.45) is 1.06. The topological polar surface area (TPSA) is 76.5 Å². The molecule has 5 heteroatoms. The van der Waals surface area contributed by atoms with Crippen LogP contribution < -0.4 is 11.2 Å². The van der Waals surface area contributed by atoms with Crippen LogP contribution in [0.5, 0.6) is 5.75 Å². The molecule has 0 aromatic carbocycles. The van der Waals surface area contributed by atoms with Crippen molar-refractivity contribution in [2.45, 2.75) is 18.7 Å². The molecule has 0 amide bonds. The van der Waals surface area contributed by atoms with Crippen molar-refractivity contribution in [1.29, 1.82) is 0 Å². The first kappa shape index (κ1) is 11.1. The Balaban J connectivity index is 2.52. The van der Waals surface area contributed by atoms with Gasteiger partial charge in [-0.05, 0) is 6.92 Å². The first-order valence-electron chi connectivity index (χ1n) is 4.23. The third-order valence-corrected chi connectivity index (χ3v) is 2.74. The fourth-order valence-electron chi connectivity index (χ4n) is 0.865. The highest BCUT2D eigenvalue weighted by atomic mass is 32.2. The Morgan fingerprint density at radius 1 is 1.71 bits per heavy atom. The molecule has 1 atom stereocenters. The maximum absolute atomic E-state index is 11.0. The average Bonchev–Trinajstić information content (AvgIpc) is 2.10. The Morgan fingerprint density at radius 2 is 2.43 bits per heavy atom. The SMILES string of the molecule is CC(N)CSCc1cc(=O)c(O)co1. The molecule has 0 spiro atoms. The molecule has 0 bridgehead atoms. The summed E-state index contributed by atoms with van der Waals surface area (Å²) in [7, 11) is 0.